The first-order chi connectivity index (χ1) is 7.40. The molecule has 0 fully saturated rings. The van der Waals surface area contributed by atoms with Gasteiger partial charge < -0.3 is 4.74 Å². The second-order valence-electron chi connectivity index (χ2n) is 3.63. The van der Waals surface area contributed by atoms with E-state index >= 15 is 0 Å². The largest absolute Gasteiger partial charge is 0.494 e. The fraction of sp³-hybridized carbons (Fsp3) is 0.286. The van der Waals surface area contributed by atoms with E-state index in [4.69, 9.17) is 4.74 Å². The lowest BCUT2D eigenvalue weighted by Gasteiger charge is -2.09. The Balaban J connectivity index is 2.15. The molecule has 0 aliphatic heterocycles. The van der Waals surface area contributed by atoms with Crippen LogP contribution >= 0.6 is 0 Å². The van der Waals surface area contributed by atoms with Crippen LogP contribution in [0.1, 0.15) is 18.9 Å². The van der Waals surface area contributed by atoms with Gasteiger partial charge in [-0.15, -0.1) is 0 Å². The van der Waals surface area contributed by atoms with Crippen molar-refractivity contribution in [3.05, 3.63) is 53.6 Å². The Bertz CT molecular complexity index is 388. The van der Waals surface area contributed by atoms with Gasteiger partial charge in [0.05, 0.1) is 6.61 Å². The predicted octanol–water partition coefficient (Wildman–Crippen LogP) is 3.51. The highest BCUT2D eigenvalue weighted by Crippen LogP contribution is 2.23. The van der Waals surface area contributed by atoms with Gasteiger partial charge in [-0.05, 0) is 30.5 Å². The summed E-state index contributed by atoms with van der Waals surface area (Å²) in [7, 11) is 0. The minimum absolute atomic E-state index is 0.728. The van der Waals surface area contributed by atoms with Crippen molar-refractivity contribution in [2.75, 3.05) is 6.61 Å². The maximum Gasteiger partial charge on any atom is 0.122 e. The Hall–Kier alpha value is -1.50. The van der Waals surface area contributed by atoms with Crippen LogP contribution in [-0.4, -0.2) is 6.61 Å². The number of para-hydroxylation sites is 1. The van der Waals surface area contributed by atoms with E-state index in [0.717, 1.165) is 25.2 Å². The Labute approximate surface area is 91.1 Å². The zero-order valence-electron chi connectivity index (χ0n) is 9.07. The van der Waals surface area contributed by atoms with E-state index < -0.39 is 0 Å². The van der Waals surface area contributed by atoms with Crippen LogP contribution in [0, 0.1) is 0 Å². The lowest BCUT2D eigenvalue weighted by atomic mass is 10.1. The van der Waals surface area contributed by atoms with Gasteiger partial charge in [0.25, 0.3) is 0 Å². The second kappa shape index (κ2) is 4.83. The molecule has 1 aromatic carbocycles. The fourth-order valence-electron chi connectivity index (χ4n) is 1.80. The smallest absolute Gasteiger partial charge is 0.122 e. The molecule has 1 aromatic rings. The van der Waals surface area contributed by atoms with Crippen molar-refractivity contribution >= 4 is 0 Å². The summed E-state index contributed by atoms with van der Waals surface area (Å²) in [5, 5.41) is 0. The molecule has 0 aromatic heterocycles. The molecule has 1 nitrogen and oxygen atoms in total. The van der Waals surface area contributed by atoms with Crippen LogP contribution in [0.4, 0.5) is 0 Å². The molecule has 1 heteroatoms. The molecule has 0 bridgehead atoms. The van der Waals surface area contributed by atoms with E-state index in [1.165, 1.54) is 11.1 Å². The highest BCUT2D eigenvalue weighted by atomic mass is 16.5. The zero-order chi connectivity index (χ0) is 10.5. The molecule has 0 atom stereocenters. The quantitative estimate of drug-likeness (QED) is 0.722. The number of allylic oxidation sites excluding steroid dienone is 4. The molecule has 0 heterocycles. The average molecular weight is 200 g/mol. The van der Waals surface area contributed by atoms with Crippen LogP contribution in [0.15, 0.2) is 48.1 Å². The summed E-state index contributed by atoms with van der Waals surface area (Å²) in [4.78, 5) is 0. The van der Waals surface area contributed by atoms with Crippen LogP contribution in [0.3, 0.4) is 0 Å². The van der Waals surface area contributed by atoms with Crippen molar-refractivity contribution in [3.63, 3.8) is 0 Å². The zero-order valence-corrected chi connectivity index (χ0v) is 9.07. The number of hydrogen-bond donors (Lipinski definition) is 0. The van der Waals surface area contributed by atoms with Crippen LogP contribution in [0.5, 0.6) is 5.75 Å². The van der Waals surface area contributed by atoms with Crippen molar-refractivity contribution in [2.45, 2.75) is 19.8 Å². The van der Waals surface area contributed by atoms with Gasteiger partial charge in [-0.3, -0.25) is 0 Å². The topological polar surface area (TPSA) is 9.23 Å². The fourth-order valence-corrected chi connectivity index (χ4v) is 1.80. The predicted molar refractivity (Wildman–Crippen MR) is 63.2 cm³/mol. The molecule has 1 aliphatic carbocycles. The lowest BCUT2D eigenvalue weighted by Crippen LogP contribution is -1.97. The Morgan fingerprint density at radius 3 is 2.87 bits per heavy atom. The lowest BCUT2D eigenvalue weighted by molar-refractivity contribution is 0.337. The molecular weight excluding hydrogens is 184 g/mol. The number of hydrogen-bond acceptors (Lipinski definition) is 1. The van der Waals surface area contributed by atoms with Gasteiger partial charge in [-0.2, -0.15) is 0 Å². The standard InChI is InChI=1S/C14H16O/c1-2-15-14-10-6-5-9-13(14)11-12-7-3-4-8-12/h3,5-10H,2,4,11H2,1H3. The molecule has 0 saturated heterocycles. The third-order valence-corrected chi connectivity index (χ3v) is 2.52. The average Bonchev–Trinajstić information content (AvgIpc) is 2.74. The minimum atomic E-state index is 0.728. The van der Waals surface area contributed by atoms with E-state index in [9.17, 15) is 0 Å². The van der Waals surface area contributed by atoms with Crippen LogP contribution in [0.2, 0.25) is 0 Å². The van der Waals surface area contributed by atoms with Gasteiger partial charge >= 0.3 is 0 Å². The normalized spacial score (nSPS) is 14.1. The summed E-state index contributed by atoms with van der Waals surface area (Å²) in [6, 6.07) is 8.26. The van der Waals surface area contributed by atoms with Gasteiger partial charge in [0.1, 0.15) is 5.75 Å². The van der Waals surface area contributed by atoms with Crippen molar-refractivity contribution in [2.24, 2.45) is 0 Å². The molecule has 0 spiro atoms. The second-order valence-corrected chi connectivity index (χ2v) is 3.63. The van der Waals surface area contributed by atoms with E-state index in [-0.39, 0.29) is 0 Å². The summed E-state index contributed by atoms with van der Waals surface area (Å²) in [5.41, 5.74) is 2.67. The highest BCUT2D eigenvalue weighted by Gasteiger charge is 2.05. The number of rotatable bonds is 4. The molecule has 0 saturated carbocycles. The monoisotopic (exact) mass is 200 g/mol. The molecule has 1 aliphatic rings. The minimum Gasteiger partial charge on any atom is -0.494 e. The van der Waals surface area contributed by atoms with Gasteiger partial charge in [-0.1, -0.05) is 36.4 Å². The summed E-state index contributed by atoms with van der Waals surface area (Å²) >= 11 is 0. The summed E-state index contributed by atoms with van der Waals surface area (Å²) < 4.78 is 5.60. The maximum atomic E-state index is 5.60. The van der Waals surface area contributed by atoms with Crippen molar-refractivity contribution < 1.29 is 4.74 Å². The summed E-state index contributed by atoms with van der Waals surface area (Å²) in [5.74, 6) is 1.02. The molecule has 78 valence electrons. The number of ether oxygens (including phenoxy) is 1. The van der Waals surface area contributed by atoms with Crippen LogP contribution in [0.25, 0.3) is 0 Å². The molecule has 0 radical (unpaired) electrons. The van der Waals surface area contributed by atoms with Crippen LogP contribution in [-0.2, 0) is 6.42 Å². The molecular formula is C14H16O. The van der Waals surface area contributed by atoms with E-state index in [2.05, 4.69) is 30.4 Å². The van der Waals surface area contributed by atoms with Gasteiger partial charge in [0.15, 0.2) is 0 Å². The third-order valence-electron chi connectivity index (χ3n) is 2.52. The van der Waals surface area contributed by atoms with Gasteiger partial charge in [-0.25, -0.2) is 0 Å². The number of benzene rings is 1. The first kappa shape index (κ1) is 10.0. The molecule has 0 amide bonds. The Morgan fingerprint density at radius 1 is 1.27 bits per heavy atom. The van der Waals surface area contributed by atoms with Gasteiger partial charge in [0, 0.05) is 6.42 Å². The SMILES string of the molecule is CCOc1ccccc1CC1=CCC=C1. The van der Waals surface area contributed by atoms with Crippen molar-refractivity contribution in [1.29, 1.82) is 0 Å². The highest BCUT2D eigenvalue weighted by molar-refractivity contribution is 5.40. The van der Waals surface area contributed by atoms with Crippen LogP contribution < -0.4 is 4.74 Å². The Kier molecular flexibility index (Phi) is 3.23. The maximum absolute atomic E-state index is 5.60. The summed E-state index contributed by atoms with van der Waals surface area (Å²) in [6.45, 7) is 2.75. The van der Waals surface area contributed by atoms with E-state index in [0.29, 0.717) is 0 Å². The van der Waals surface area contributed by atoms with Crippen molar-refractivity contribution in [3.8, 4) is 5.75 Å². The molecule has 0 N–H and O–H groups in total. The van der Waals surface area contributed by atoms with Gasteiger partial charge in [0.2, 0.25) is 0 Å². The Morgan fingerprint density at radius 2 is 2.13 bits per heavy atom. The van der Waals surface area contributed by atoms with E-state index in [1.807, 2.05) is 19.1 Å². The molecule has 2 rings (SSSR count). The first-order valence-electron chi connectivity index (χ1n) is 5.46. The van der Waals surface area contributed by atoms with E-state index in [1.54, 1.807) is 0 Å². The molecule has 0 unspecified atom stereocenters. The van der Waals surface area contributed by atoms with Crippen molar-refractivity contribution in [1.82, 2.24) is 0 Å². The first-order valence-corrected chi connectivity index (χ1v) is 5.46. The molecule has 15 heavy (non-hydrogen) atoms. The third kappa shape index (κ3) is 2.50. The summed E-state index contributed by atoms with van der Waals surface area (Å²) in [6.07, 6.45) is 8.71.